The summed E-state index contributed by atoms with van der Waals surface area (Å²) < 4.78 is 33.1. The molecule has 1 aromatic heterocycles. The summed E-state index contributed by atoms with van der Waals surface area (Å²) in [5, 5.41) is 9.93. The highest BCUT2D eigenvalue weighted by Crippen LogP contribution is 2.37. The number of rotatable bonds is 4. The Labute approximate surface area is 152 Å². The molecular formula is C17H13ClF2N2O2S. The van der Waals surface area contributed by atoms with Gasteiger partial charge in [0.1, 0.15) is 22.7 Å². The molecule has 0 atom stereocenters. The van der Waals surface area contributed by atoms with Crippen LogP contribution in [0.5, 0.6) is 0 Å². The third-order valence-electron chi connectivity index (χ3n) is 3.99. The molecule has 130 valence electrons. The molecule has 2 aromatic rings. The van der Waals surface area contributed by atoms with Gasteiger partial charge in [-0.1, -0.05) is 11.6 Å². The molecule has 0 aliphatic carbocycles. The van der Waals surface area contributed by atoms with Crippen LogP contribution in [0.2, 0.25) is 5.02 Å². The molecule has 0 amide bonds. The van der Waals surface area contributed by atoms with E-state index in [1.807, 2.05) is 4.90 Å². The number of carbonyl (C=O) groups excluding carboxylic acids is 1. The van der Waals surface area contributed by atoms with E-state index in [-0.39, 0.29) is 17.0 Å². The molecule has 0 bridgehead atoms. The number of benzene rings is 1. The molecule has 2 heterocycles. The van der Waals surface area contributed by atoms with E-state index in [1.54, 1.807) is 0 Å². The number of halogens is 3. The highest BCUT2D eigenvalue weighted by Gasteiger charge is 2.24. The minimum Gasteiger partial charge on any atom is -0.378 e. The third kappa shape index (κ3) is 3.52. The topological polar surface area (TPSA) is 53.3 Å². The fourth-order valence-corrected chi connectivity index (χ4v) is 4.02. The second-order valence-electron chi connectivity index (χ2n) is 5.49. The molecule has 0 spiro atoms. The summed E-state index contributed by atoms with van der Waals surface area (Å²) in [4.78, 5) is 13.8. The van der Waals surface area contributed by atoms with E-state index in [1.165, 1.54) is 11.3 Å². The van der Waals surface area contributed by atoms with Gasteiger partial charge in [-0.3, -0.25) is 4.79 Å². The zero-order valence-electron chi connectivity index (χ0n) is 13.0. The van der Waals surface area contributed by atoms with Gasteiger partial charge in [-0.05, 0) is 23.3 Å². The van der Waals surface area contributed by atoms with Gasteiger partial charge in [0, 0.05) is 19.5 Å². The van der Waals surface area contributed by atoms with E-state index >= 15 is 0 Å². The highest BCUT2D eigenvalue weighted by molar-refractivity contribution is 7.18. The van der Waals surface area contributed by atoms with Crippen molar-refractivity contribution in [3.05, 3.63) is 50.4 Å². The van der Waals surface area contributed by atoms with E-state index in [9.17, 15) is 18.8 Å². The lowest BCUT2D eigenvalue weighted by molar-refractivity contribution is 0.112. The molecule has 4 nitrogen and oxygen atoms in total. The first-order valence-corrected chi connectivity index (χ1v) is 8.71. The minimum absolute atomic E-state index is 0.0489. The summed E-state index contributed by atoms with van der Waals surface area (Å²) in [7, 11) is 0. The van der Waals surface area contributed by atoms with Gasteiger partial charge >= 0.3 is 0 Å². The maximum Gasteiger partial charge on any atom is 0.160 e. The smallest absolute Gasteiger partial charge is 0.160 e. The lowest BCUT2D eigenvalue weighted by atomic mass is 10.0. The van der Waals surface area contributed by atoms with Gasteiger partial charge in [0.05, 0.1) is 28.7 Å². The number of carbonyl (C=O) groups is 1. The third-order valence-corrected chi connectivity index (χ3v) is 5.50. The van der Waals surface area contributed by atoms with Gasteiger partial charge in [0.15, 0.2) is 6.29 Å². The van der Waals surface area contributed by atoms with E-state index in [0.29, 0.717) is 53.6 Å². The van der Waals surface area contributed by atoms with Crippen molar-refractivity contribution in [1.82, 2.24) is 0 Å². The van der Waals surface area contributed by atoms with Gasteiger partial charge < -0.3 is 9.64 Å². The van der Waals surface area contributed by atoms with Crippen LogP contribution in [0.4, 0.5) is 13.8 Å². The van der Waals surface area contributed by atoms with Crippen molar-refractivity contribution in [2.24, 2.45) is 0 Å². The van der Waals surface area contributed by atoms with Crippen LogP contribution >= 0.6 is 22.9 Å². The predicted octanol–water partition coefficient (Wildman–Crippen LogP) is 3.79. The summed E-state index contributed by atoms with van der Waals surface area (Å²) in [5.74, 6) is -1.42. The van der Waals surface area contributed by atoms with Crippen LogP contribution in [0.3, 0.4) is 0 Å². The number of nitrogens with zero attached hydrogens (tertiary/aromatic N) is 2. The van der Waals surface area contributed by atoms with Crippen molar-refractivity contribution >= 4 is 34.2 Å². The molecule has 0 N–H and O–H groups in total. The summed E-state index contributed by atoms with van der Waals surface area (Å²) in [5.41, 5.74) is 0.779. The van der Waals surface area contributed by atoms with Crippen LogP contribution in [0.1, 0.15) is 26.4 Å². The van der Waals surface area contributed by atoms with E-state index in [2.05, 4.69) is 6.07 Å². The van der Waals surface area contributed by atoms with Crippen molar-refractivity contribution < 1.29 is 18.3 Å². The first-order valence-electron chi connectivity index (χ1n) is 7.52. The number of anilines is 1. The number of aldehydes is 1. The number of morpholine rings is 1. The van der Waals surface area contributed by atoms with Crippen molar-refractivity contribution in [3.8, 4) is 6.07 Å². The lowest BCUT2D eigenvalue weighted by Crippen LogP contribution is -2.36. The second kappa shape index (κ2) is 7.48. The Morgan fingerprint density at radius 3 is 2.68 bits per heavy atom. The van der Waals surface area contributed by atoms with Crippen LogP contribution in [0.15, 0.2) is 12.1 Å². The van der Waals surface area contributed by atoms with E-state index < -0.39 is 11.6 Å². The fraction of sp³-hybridized carbons (Fsp3) is 0.294. The Morgan fingerprint density at radius 1 is 1.32 bits per heavy atom. The second-order valence-corrected chi connectivity index (χ2v) is 6.93. The Balaban J connectivity index is 2.03. The van der Waals surface area contributed by atoms with Gasteiger partial charge in [0.25, 0.3) is 0 Å². The minimum atomic E-state index is -0.743. The Bertz CT molecular complexity index is 857. The van der Waals surface area contributed by atoms with E-state index in [4.69, 9.17) is 16.3 Å². The average molecular weight is 383 g/mol. The predicted molar refractivity (Wildman–Crippen MR) is 91.6 cm³/mol. The van der Waals surface area contributed by atoms with Crippen LogP contribution in [-0.2, 0) is 11.2 Å². The summed E-state index contributed by atoms with van der Waals surface area (Å²) in [6, 6.07) is 4.01. The number of hydrogen-bond donors (Lipinski definition) is 0. The molecule has 3 rings (SSSR count). The zero-order chi connectivity index (χ0) is 18.0. The molecule has 1 saturated heterocycles. The SMILES string of the molecule is N#Cc1c(N2CCOCC2)sc(C=O)c1Cc1cc(F)c(Cl)cc1F. The molecule has 1 aromatic carbocycles. The van der Waals surface area contributed by atoms with Crippen molar-refractivity contribution in [3.63, 3.8) is 0 Å². The Hall–Kier alpha value is -2.01. The van der Waals surface area contributed by atoms with Gasteiger partial charge in [-0.2, -0.15) is 5.26 Å². The Morgan fingerprint density at radius 2 is 2.04 bits per heavy atom. The standard InChI is InChI=1S/C17H13ClF2N2O2S/c18-13-7-14(19)10(6-15(13)20)5-11-12(8-21)17(25-16(11)9-23)22-1-3-24-4-2-22/h6-7,9H,1-5H2. The number of hydrogen-bond acceptors (Lipinski definition) is 5. The molecule has 1 aliphatic heterocycles. The number of thiophene rings is 1. The first kappa shape index (κ1) is 17.8. The molecule has 0 saturated carbocycles. The average Bonchev–Trinajstić information content (AvgIpc) is 2.98. The van der Waals surface area contributed by atoms with Crippen molar-refractivity contribution in [2.75, 3.05) is 31.2 Å². The molecule has 0 radical (unpaired) electrons. The van der Waals surface area contributed by atoms with Gasteiger partial charge in [-0.25, -0.2) is 8.78 Å². The molecule has 1 aliphatic rings. The highest BCUT2D eigenvalue weighted by atomic mass is 35.5. The monoisotopic (exact) mass is 382 g/mol. The molecule has 8 heteroatoms. The molecule has 1 fully saturated rings. The molecular weight excluding hydrogens is 370 g/mol. The van der Waals surface area contributed by atoms with Crippen LogP contribution in [-0.4, -0.2) is 32.6 Å². The Kier molecular flexibility index (Phi) is 5.33. The summed E-state index contributed by atoms with van der Waals surface area (Å²) >= 11 is 6.76. The largest absolute Gasteiger partial charge is 0.378 e. The number of ether oxygens (including phenoxy) is 1. The normalized spacial score (nSPS) is 14.4. The maximum absolute atomic E-state index is 14.1. The summed E-state index contributed by atoms with van der Waals surface area (Å²) in [6.45, 7) is 2.28. The van der Waals surface area contributed by atoms with Crippen molar-refractivity contribution in [1.29, 1.82) is 5.26 Å². The molecule has 0 unspecified atom stereocenters. The summed E-state index contributed by atoms with van der Waals surface area (Å²) in [6.07, 6.45) is 0.590. The molecule has 25 heavy (non-hydrogen) atoms. The van der Waals surface area contributed by atoms with Gasteiger partial charge in [0.2, 0.25) is 0 Å². The zero-order valence-corrected chi connectivity index (χ0v) is 14.6. The van der Waals surface area contributed by atoms with Crippen LogP contribution in [0.25, 0.3) is 0 Å². The fourth-order valence-electron chi connectivity index (χ4n) is 2.73. The van der Waals surface area contributed by atoms with Crippen molar-refractivity contribution in [2.45, 2.75) is 6.42 Å². The quantitative estimate of drug-likeness (QED) is 0.596. The lowest BCUT2D eigenvalue weighted by Gasteiger charge is -2.27. The van der Waals surface area contributed by atoms with E-state index in [0.717, 1.165) is 12.1 Å². The van der Waals surface area contributed by atoms with Crippen LogP contribution in [0, 0.1) is 23.0 Å². The van der Waals surface area contributed by atoms with Gasteiger partial charge in [-0.15, -0.1) is 11.3 Å². The van der Waals surface area contributed by atoms with Crippen LogP contribution < -0.4 is 4.90 Å². The number of nitriles is 1. The first-order chi connectivity index (χ1) is 12.0. The maximum atomic E-state index is 14.1.